The highest BCUT2D eigenvalue weighted by molar-refractivity contribution is 6.47. The number of halogens is 1. The minimum atomic E-state index is 0.425. The van der Waals surface area contributed by atoms with Crippen molar-refractivity contribution in [2.45, 2.75) is 19.8 Å². The second kappa shape index (κ2) is 11.2. The molecule has 7 heteroatoms. The van der Waals surface area contributed by atoms with Gasteiger partial charge in [0.2, 0.25) is 0 Å². The van der Waals surface area contributed by atoms with E-state index in [4.69, 9.17) is 26.7 Å². The maximum absolute atomic E-state index is 8.78. The van der Waals surface area contributed by atoms with Crippen LogP contribution in [0.2, 0.25) is 5.02 Å². The number of hydrogen-bond donors (Lipinski definition) is 3. The molecule has 2 aromatic rings. The molecule has 4 rings (SSSR count). The van der Waals surface area contributed by atoms with Crippen molar-refractivity contribution in [3.63, 3.8) is 0 Å². The predicted octanol–water partition coefficient (Wildman–Crippen LogP) is 5.22. The maximum atomic E-state index is 8.78. The molecule has 6 nitrogen and oxygen atoms in total. The lowest BCUT2D eigenvalue weighted by Gasteiger charge is -2.29. The van der Waals surface area contributed by atoms with Gasteiger partial charge in [-0.25, -0.2) is 4.99 Å². The average molecular weight is 476 g/mol. The summed E-state index contributed by atoms with van der Waals surface area (Å²) in [6.07, 6.45) is 5.19. The molecule has 0 unspecified atom stereocenters. The van der Waals surface area contributed by atoms with Crippen molar-refractivity contribution < 1.29 is 4.74 Å². The minimum absolute atomic E-state index is 0.425. The fourth-order valence-electron chi connectivity index (χ4n) is 4.01. The van der Waals surface area contributed by atoms with Gasteiger partial charge in [0.25, 0.3) is 0 Å². The van der Waals surface area contributed by atoms with E-state index >= 15 is 0 Å². The average Bonchev–Trinajstić information content (AvgIpc) is 2.85. The van der Waals surface area contributed by atoms with Crippen LogP contribution in [0.25, 0.3) is 0 Å². The molecule has 2 heterocycles. The molecule has 1 saturated heterocycles. The lowest BCUT2D eigenvalue weighted by Crippen LogP contribution is -2.43. The summed E-state index contributed by atoms with van der Waals surface area (Å²) in [6.45, 7) is 6.05. The van der Waals surface area contributed by atoms with Crippen LogP contribution < -0.4 is 20.3 Å². The van der Waals surface area contributed by atoms with Gasteiger partial charge < -0.3 is 25.7 Å². The van der Waals surface area contributed by atoms with Crippen LogP contribution in [0.4, 0.5) is 11.4 Å². The van der Waals surface area contributed by atoms with E-state index in [0.717, 1.165) is 49.4 Å². The van der Waals surface area contributed by atoms with Gasteiger partial charge in [-0.05, 0) is 67.0 Å². The summed E-state index contributed by atoms with van der Waals surface area (Å²) in [5, 5.41) is 16.1. The van der Waals surface area contributed by atoms with E-state index in [1.807, 2.05) is 25.1 Å². The molecule has 176 valence electrons. The highest BCUT2D eigenvalue weighted by atomic mass is 35.5. The topological polar surface area (TPSA) is 72.7 Å². The van der Waals surface area contributed by atoms with Crippen molar-refractivity contribution in [2.75, 3.05) is 43.5 Å². The van der Waals surface area contributed by atoms with E-state index in [-0.39, 0.29) is 0 Å². The van der Waals surface area contributed by atoms with Crippen molar-refractivity contribution in [3.8, 4) is 5.75 Å². The second-order valence-electron chi connectivity index (χ2n) is 8.31. The number of rotatable bonds is 7. The van der Waals surface area contributed by atoms with Crippen LogP contribution >= 0.6 is 11.6 Å². The van der Waals surface area contributed by atoms with Gasteiger partial charge in [0.15, 0.2) is 5.82 Å². The zero-order chi connectivity index (χ0) is 23.9. The molecule has 0 spiro atoms. The second-order valence-corrected chi connectivity index (χ2v) is 8.72. The minimum Gasteiger partial charge on any atom is -0.495 e. The SMILES string of the molecule is COc1cc(CC(=N)C2=NC(Nc3ccc(N4CCNCC4)cc3)=C=CCC=C2C)ccc1Cl. The summed E-state index contributed by atoms with van der Waals surface area (Å²) in [5.74, 6) is 1.20. The van der Waals surface area contributed by atoms with Crippen molar-refractivity contribution in [1.82, 2.24) is 5.32 Å². The number of benzene rings is 2. The Bertz CT molecular complexity index is 1170. The Kier molecular flexibility index (Phi) is 7.86. The van der Waals surface area contributed by atoms with Crippen LogP contribution in [-0.4, -0.2) is 44.7 Å². The van der Waals surface area contributed by atoms with E-state index in [1.165, 1.54) is 5.69 Å². The van der Waals surface area contributed by atoms with Gasteiger partial charge in [-0.2, -0.15) is 0 Å². The Morgan fingerprint density at radius 3 is 2.71 bits per heavy atom. The molecule has 3 N–H and O–H groups in total. The fraction of sp³-hybridized carbons (Fsp3) is 0.296. The number of methoxy groups -OCH3 is 1. The third kappa shape index (κ3) is 5.97. The first-order valence-electron chi connectivity index (χ1n) is 11.5. The van der Waals surface area contributed by atoms with Gasteiger partial charge >= 0.3 is 0 Å². The smallest absolute Gasteiger partial charge is 0.175 e. The Morgan fingerprint density at radius 1 is 1.21 bits per heavy atom. The highest BCUT2D eigenvalue weighted by Gasteiger charge is 2.14. The van der Waals surface area contributed by atoms with E-state index in [9.17, 15) is 0 Å². The number of nitrogens with one attached hydrogen (secondary N) is 3. The van der Waals surface area contributed by atoms with Gasteiger partial charge in [0.1, 0.15) is 5.75 Å². The molecule has 2 aromatic carbocycles. The highest BCUT2D eigenvalue weighted by Crippen LogP contribution is 2.26. The third-order valence-electron chi connectivity index (χ3n) is 5.87. The molecule has 34 heavy (non-hydrogen) atoms. The standard InChI is InChI=1S/C27H30ClN5O/c1-19-5-3-4-6-26(31-21-8-10-22(11-9-21)33-15-13-30-14-16-33)32-27(19)24(29)17-20-7-12-23(28)25(18-20)34-2/h4-5,7-12,18,29-31H,3,13-17H2,1-2H3. The molecule has 0 bridgehead atoms. The number of nitrogens with zero attached hydrogens (tertiary/aromatic N) is 2. The van der Waals surface area contributed by atoms with Crippen LogP contribution in [0.1, 0.15) is 18.9 Å². The number of hydrogen-bond acceptors (Lipinski definition) is 6. The Hall–Kier alpha value is -3.31. The molecular weight excluding hydrogens is 446 g/mol. The summed E-state index contributed by atoms with van der Waals surface area (Å²) in [4.78, 5) is 7.17. The van der Waals surface area contributed by atoms with E-state index in [2.05, 4.69) is 51.6 Å². The van der Waals surface area contributed by atoms with Crippen molar-refractivity contribution in [3.05, 3.63) is 82.3 Å². The zero-order valence-electron chi connectivity index (χ0n) is 19.6. The molecule has 2 aliphatic heterocycles. The quantitative estimate of drug-likeness (QED) is 0.379. The molecule has 1 fully saturated rings. The van der Waals surface area contributed by atoms with Gasteiger partial charge in [-0.3, -0.25) is 0 Å². The number of anilines is 2. The Labute approximate surface area is 206 Å². The largest absolute Gasteiger partial charge is 0.495 e. The molecule has 0 saturated carbocycles. The molecular formula is C27H30ClN5O. The van der Waals surface area contributed by atoms with E-state index in [0.29, 0.717) is 34.4 Å². The number of ether oxygens (including phenoxy) is 1. The van der Waals surface area contributed by atoms with Gasteiger partial charge in [0, 0.05) is 44.0 Å². The van der Waals surface area contributed by atoms with Crippen molar-refractivity contribution in [1.29, 1.82) is 5.41 Å². The van der Waals surface area contributed by atoms with Gasteiger partial charge in [-0.15, -0.1) is 0 Å². The van der Waals surface area contributed by atoms with Crippen LogP contribution in [0.3, 0.4) is 0 Å². The van der Waals surface area contributed by atoms with E-state index < -0.39 is 0 Å². The van der Waals surface area contributed by atoms with E-state index in [1.54, 1.807) is 13.2 Å². The lowest BCUT2D eigenvalue weighted by atomic mass is 9.99. The molecule has 0 radical (unpaired) electrons. The monoisotopic (exact) mass is 475 g/mol. The molecule has 0 aromatic heterocycles. The first kappa shape index (κ1) is 23.8. The summed E-state index contributed by atoms with van der Waals surface area (Å²) in [5.41, 5.74) is 8.39. The number of allylic oxidation sites excluding steroid dienone is 3. The molecule has 0 aliphatic carbocycles. The van der Waals surface area contributed by atoms with Gasteiger partial charge in [0.05, 0.1) is 23.6 Å². The molecule has 2 aliphatic rings. The summed E-state index contributed by atoms with van der Waals surface area (Å²) in [6, 6.07) is 14.0. The fourth-order valence-corrected chi connectivity index (χ4v) is 4.20. The number of aliphatic imine (C=N–C) groups is 1. The molecule has 0 atom stereocenters. The zero-order valence-corrected chi connectivity index (χ0v) is 20.4. The molecule has 0 amide bonds. The summed E-state index contributed by atoms with van der Waals surface area (Å²) in [7, 11) is 1.59. The summed E-state index contributed by atoms with van der Waals surface area (Å²) < 4.78 is 5.32. The van der Waals surface area contributed by atoms with Crippen LogP contribution in [0.5, 0.6) is 5.75 Å². The van der Waals surface area contributed by atoms with Gasteiger partial charge in [-0.1, -0.05) is 29.5 Å². The lowest BCUT2D eigenvalue weighted by molar-refractivity contribution is 0.414. The van der Waals surface area contributed by atoms with Crippen LogP contribution in [-0.2, 0) is 6.42 Å². The predicted molar refractivity (Wildman–Crippen MR) is 142 cm³/mol. The first-order valence-corrected chi connectivity index (χ1v) is 11.9. The Balaban J connectivity index is 1.51. The Morgan fingerprint density at radius 2 is 1.97 bits per heavy atom. The maximum Gasteiger partial charge on any atom is 0.175 e. The number of piperazine rings is 1. The van der Waals surface area contributed by atoms with Crippen molar-refractivity contribution in [2.24, 2.45) is 4.99 Å². The summed E-state index contributed by atoms with van der Waals surface area (Å²) >= 11 is 6.15. The van der Waals surface area contributed by atoms with Crippen LogP contribution in [0.15, 0.2) is 76.7 Å². The third-order valence-corrected chi connectivity index (χ3v) is 6.18. The van der Waals surface area contributed by atoms with Crippen LogP contribution in [0, 0.1) is 5.41 Å². The van der Waals surface area contributed by atoms with Crippen molar-refractivity contribution >= 4 is 34.4 Å². The normalized spacial score (nSPS) is 16.1. The first-order chi connectivity index (χ1) is 16.5.